The maximum absolute atomic E-state index is 12.3. The highest BCUT2D eigenvalue weighted by Gasteiger charge is 2.28. The Bertz CT molecular complexity index is 717. The van der Waals surface area contributed by atoms with Crippen molar-refractivity contribution in [2.75, 3.05) is 0 Å². The van der Waals surface area contributed by atoms with Crippen LogP contribution in [0.3, 0.4) is 0 Å². The zero-order valence-corrected chi connectivity index (χ0v) is 11.5. The summed E-state index contributed by atoms with van der Waals surface area (Å²) in [5, 5.41) is 1.24. The second-order valence-electron chi connectivity index (χ2n) is 4.52. The van der Waals surface area contributed by atoms with Crippen LogP contribution in [0.2, 0.25) is 0 Å². The lowest BCUT2D eigenvalue weighted by Gasteiger charge is -2.11. The van der Waals surface area contributed by atoms with Crippen molar-refractivity contribution >= 4 is 16.1 Å². The highest BCUT2D eigenvalue weighted by atomic mass is 32.2. The van der Waals surface area contributed by atoms with Gasteiger partial charge in [0.05, 0.1) is 12.2 Å². The van der Waals surface area contributed by atoms with Crippen molar-refractivity contribution in [1.82, 2.24) is 14.3 Å². The molecule has 0 spiro atoms. The van der Waals surface area contributed by atoms with Gasteiger partial charge in [0.1, 0.15) is 6.33 Å². The van der Waals surface area contributed by atoms with Crippen LogP contribution in [0.4, 0.5) is 0 Å². The van der Waals surface area contributed by atoms with Gasteiger partial charge in [0.2, 0.25) is 10.0 Å². The second kappa shape index (κ2) is 5.15. The van der Waals surface area contributed by atoms with E-state index in [1.807, 2.05) is 30.3 Å². The molecule has 0 fully saturated rings. The van der Waals surface area contributed by atoms with Crippen molar-refractivity contribution in [3.8, 4) is 0 Å². The largest absolute Gasteiger partial charge is 0.244 e. The molecule has 0 radical (unpaired) electrons. The molecule has 1 aliphatic rings. The SMILES string of the molecule is O=S(=O)(C=Cc1ccccc1)N1Cc2cncnc2C1. The maximum atomic E-state index is 12.3. The van der Waals surface area contributed by atoms with Gasteiger partial charge in [-0.3, -0.25) is 0 Å². The smallest absolute Gasteiger partial charge is 0.236 e. The first-order chi connectivity index (χ1) is 9.65. The third kappa shape index (κ3) is 2.61. The van der Waals surface area contributed by atoms with Gasteiger partial charge >= 0.3 is 0 Å². The van der Waals surface area contributed by atoms with Gasteiger partial charge in [-0.25, -0.2) is 18.4 Å². The Morgan fingerprint density at radius 2 is 1.95 bits per heavy atom. The van der Waals surface area contributed by atoms with Gasteiger partial charge in [-0.05, 0) is 11.6 Å². The molecule has 5 nitrogen and oxygen atoms in total. The minimum absolute atomic E-state index is 0.305. The zero-order valence-electron chi connectivity index (χ0n) is 10.7. The van der Waals surface area contributed by atoms with Crippen molar-refractivity contribution in [3.63, 3.8) is 0 Å². The van der Waals surface area contributed by atoms with Crippen molar-refractivity contribution in [1.29, 1.82) is 0 Å². The summed E-state index contributed by atoms with van der Waals surface area (Å²) in [5.41, 5.74) is 2.49. The Morgan fingerprint density at radius 1 is 1.15 bits per heavy atom. The lowest BCUT2D eigenvalue weighted by Crippen LogP contribution is -2.23. The molecule has 0 unspecified atom stereocenters. The van der Waals surface area contributed by atoms with Crippen LogP contribution in [-0.4, -0.2) is 22.7 Å². The minimum atomic E-state index is -3.44. The van der Waals surface area contributed by atoms with Crippen LogP contribution in [0.1, 0.15) is 16.8 Å². The Hall–Kier alpha value is -2.05. The van der Waals surface area contributed by atoms with E-state index in [0.29, 0.717) is 13.1 Å². The molecule has 1 aromatic carbocycles. The van der Waals surface area contributed by atoms with Gasteiger partial charge in [0.25, 0.3) is 0 Å². The van der Waals surface area contributed by atoms with Crippen molar-refractivity contribution in [2.45, 2.75) is 13.1 Å². The third-order valence-electron chi connectivity index (χ3n) is 3.15. The summed E-state index contributed by atoms with van der Waals surface area (Å²) in [6.45, 7) is 0.636. The Kier molecular flexibility index (Phi) is 3.33. The normalized spacial score (nSPS) is 15.6. The summed E-state index contributed by atoms with van der Waals surface area (Å²) in [6, 6.07) is 9.34. The molecule has 0 N–H and O–H groups in total. The van der Waals surface area contributed by atoms with E-state index in [2.05, 4.69) is 9.97 Å². The van der Waals surface area contributed by atoms with Crippen molar-refractivity contribution < 1.29 is 8.42 Å². The van der Waals surface area contributed by atoms with Crippen LogP contribution in [0.5, 0.6) is 0 Å². The molecule has 2 heterocycles. The molecule has 0 saturated carbocycles. The first-order valence-electron chi connectivity index (χ1n) is 6.16. The number of hydrogen-bond donors (Lipinski definition) is 0. The van der Waals surface area contributed by atoms with Crippen molar-refractivity contribution in [3.05, 3.63) is 65.1 Å². The number of benzene rings is 1. The van der Waals surface area contributed by atoms with E-state index in [1.165, 1.54) is 16.0 Å². The zero-order chi connectivity index (χ0) is 14.0. The number of nitrogens with zero attached hydrogens (tertiary/aromatic N) is 3. The standard InChI is InChI=1S/C14H13N3O2S/c18-20(19,7-6-12-4-2-1-3-5-12)17-9-13-8-15-11-16-14(13)10-17/h1-8,11H,9-10H2. The highest BCUT2D eigenvalue weighted by molar-refractivity contribution is 7.92. The molecule has 0 bridgehead atoms. The molecule has 20 heavy (non-hydrogen) atoms. The van der Waals surface area contributed by atoms with Gasteiger partial charge in [-0.15, -0.1) is 0 Å². The summed E-state index contributed by atoms with van der Waals surface area (Å²) in [5.74, 6) is 0. The average molecular weight is 287 g/mol. The first-order valence-corrected chi connectivity index (χ1v) is 7.66. The molecule has 1 aliphatic heterocycles. The molecule has 0 atom stereocenters. The third-order valence-corrected chi connectivity index (χ3v) is 4.60. The van der Waals surface area contributed by atoms with E-state index in [4.69, 9.17) is 0 Å². The molecular formula is C14H13N3O2S. The summed E-state index contributed by atoms with van der Waals surface area (Å²) in [4.78, 5) is 8.02. The van der Waals surface area contributed by atoms with Crippen molar-refractivity contribution in [2.24, 2.45) is 0 Å². The molecule has 6 heteroatoms. The predicted octanol–water partition coefficient (Wildman–Crippen LogP) is 1.79. The quantitative estimate of drug-likeness (QED) is 0.863. The van der Waals surface area contributed by atoms with Gasteiger partial charge in [-0.2, -0.15) is 4.31 Å². The first kappa shape index (κ1) is 13.0. The van der Waals surface area contributed by atoms with Crippen LogP contribution in [0, 0.1) is 0 Å². The molecular weight excluding hydrogens is 274 g/mol. The van der Waals surface area contributed by atoms with E-state index >= 15 is 0 Å². The van der Waals surface area contributed by atoms with Gasteiger partial charge in [-0.1, -0.05) is 30.3 Å². The molecule has 102 valence electrons. The van der Waals surface area contributed by atoms with E-state index in [0.717, 1.165) is 16.8 Å². The topological polar surface area (TPSA) is 63.2 Å². The summed E-state index contributed by atoms with van der Waals surface area (Å²) < 4.78 is 25.9. The lowest BCUT2D eigenvalue weighted by atomic mass is 10.2. The number of rotatable bonds is 3. The number of sulfonamides is 1. The Balaban J connectivity index is 1.79. The van der Waals surface area contributed by atoms with E-state index < -0.39 is 10.0 Å². The average Bonchev–Trinajstić information content (AvgIpc) is 2.91. The molecule has 0 amide bonds. The fourth-order valence-corrected chi connectivity index (χ4v) is 3.19. The van der Waals surface area contributed by atoms with Crippen LogP contribution in [0.25, 0.3) is 6.08 Å². The Morgan fingerprint density at radius 3 is 2.70 bits per heavy atom. The monoisotopic (exact) mass is 287 g/mol. The minimum Gasteiger partial charge on any atom is -0.244 e. The fourth-order valence-electron chi connectivity index (χ4n) is 2.07. The molecule has 3 rings (SSSR count). The van der Waals surface area contributed by atoms with E-state index in [1.54, 1.807) is 12.3 Å². The van der Waals surface area contributed by atoms with Gasteiger partial charge in [0, 0.05) is 23.7 Å². The summed E-state index contributed by atoms with van der Waals surface area (Å²) in [7, 11) is -3.44. The predicted molar refractivity (Wildman–Crippen MR) is 75.7 cm³/mol. The number of fused-ring (bicyclic) bond motifs is 1. The van der Waals surface area contributed by atoms with Gasteiger partial charge < -0.3 is 0 Å². The molecule has 1 aromatic heterocycles. The molecule has 0 aliphatic carbocycles. The Labute approximate surface area is 117 Å². The highest BCUT2D eigenvalue weighted by Crippen LogP contribution is 2.23. The second-order valence-corrected chi connectivity index (χ2v) is 6.34. The molecule has 0 saturated heterocycles. The lowest BCUT2D eigenvalue weighted by molar-refractivity contribution is 0.437. The summed E-state index contributed by atoms with van der Waals surface area (Å²) in [6.07, 6.45) is 4.71. The van der Waals surface area contributed by atoms with Gasteiger partial charge in [0.15, 0.2) is 0 Å². The van der Waals surface area contributed by atoms with Crippen LogP contribution in [0.15, 0.2) is 48.3 Å². The van der Waals surface area contributed by atoms with Crippen LogP contribution < -0.4 is 0 Å². The van der Waals surface area contributed by atoms with E-state index in [-0.39, 0.29) is 0 Å². The van der Waals surface area contributed by atoms with Crippen LogP contribution in [-0.2, 0) is 23.1 Å². The fraction of sp³-hybridized carbons (Fsp3) is 0.143. The maximum Gasteiger partial charge on any atom is 0.236 e. The number of aromatic nitrogens is 2. The van der Waals surface area contributed by atoms with E-state index in [9.17, 15) is 8.42 Å². The number of hydrogen-bond acceptors (Lipinski definition) is 4. The summed E-state index contributed by atoms with van der Waals surface area (Å²) >= 11 is 0. The van der Waals surface area contributed by atoms with Crippen LogP contribution >= 0.6 is 0 Å². The molecule has 2 aromatic rings.